The van der Waals surface area contributed by atoms with E-state index in [9.17, 15) is 14.4 Å². The summed E-state index contributed by atoms with van der Waals surface area (Å²) in [6.45, 7) is 4.58. The van der Waals surface area contributed by atoms with E-state index in [1.165, 1.54) is 11.3 Å². The van der Waals surface area contributed by atoms with Crippen LogP contribution >= 0.6 is 11.3 Å². The molecule has 1 N–H and O–H groups in total. The molecule has 0 radical (unpaired) electrons. The summed E-state index contributed by atoms with van der Waals surface area (Å²) >= 11 is 1.28. The molecule has 146 valence electrons. The van der Waals surface area contributed by atoms with Crippen molar-refractivity contribution in [3.05, 3.63) is 45.4 Å². The number of ketones is 1. The molecule has 0 saturated carbocycles. The van der Waals surface area contributed by atoms with Gasteiger partial charge in [0.15, 0.2) is 6.61 Å². The molecule has 0 aliphatic rings. The molecule has 0 saturated heterocycles. The number of hydrogen-bond acceptors (Lipinski definition) is 6. The van der Waals surface area contributed by atoms with Gasteiger partial charge in [0.05, 0.1) is 4.88 Å². The number of methoxy groups -OCH3 is 1. The van der Waals surface area contributed by atoms with Crippen molar-refractivity contribution in [2.24, 2.45) is 0 Å². The molecule has 0 bridgehead atoms. The average molecular weight is 392 g/mol. The van der Waals surface area contributed by atoms with E-state index in [1.54, 1.807) is 30.7 Å². The molecule has 8 heteroatoms. The third-order valence-corrected chi connectivity index (χ3v) is 4.98. The predicted molar refractivity (Wildman–Crippen MR) is 102 cm³/mol. The molecule has 0 fully saturated rings. The summed E-state index contributed by atoms with van der Waals surface area (Å²) in [5.74, 6) is -1.26. The second-order valence-corrected chi connectivity index (χ2v) is 6.97. The molecule has 7 nitrogen and oxygen atoms in total. The number of esters is 1. The molecule has 27 heavy (non-hydrogen) atoms. The van der Waals surface area contributed by atoms with Crippen LogP contribution in [0.3, 0.4) is 0 Å². The Morgan fingerprint density at radius 1 is 1.26 bits per heavy atom. The Hall–Kier alpha value is -2.45. The zero-order valence-electron chi connectivity index (χ0n) is 15.7. The summed E-state index contributed by atoms with van der Waals surface area (Å²) in [4.78, 5) is 36.5. The van der Waals surface area contributed by atoms with E-state index >= 15 is 0 Å². The maximum atomic E-state index is 12.4. The lowest BCUT2D eigenvalue weighted by atomic mass is 10.1. The zero-order chi connectivity index (χ0) is 19.8. The first-order valence-corrected chi connectivity index (χ1v) is 9.48. The highest BCUT2D eigenvalue weighted by Gasteiger charge is 2.17. The largest absolute Gasteiger partial charge is 0.456 e. The van der Waals surface area contributed by atoms with Gasteiger partial charge in [0.25, 0.3) is 5.91 Å². The molecule has 0 unspecified atom stereocenters. The maximum absolute atomic E-state index is 12.4. The van der Waals surface area contributed by atoms with E-state index in [0.717, 1.165) is 24.4 Å². The van der Waals surface area contributed by atoms with Crippen LogP contribution in [-0.2, 0) is 20.8 Å². The minimum atomic E-state index is -0.651. The monoisotopic (exact) mass is 392 g/mol. The molecule has 2 aromatic heterocycles. The minimum Gasteiger partial charge on any atom is -0.456 e. The lowest BCUT2D eigenvalue weighted by Crippen LogP contribution is -2.31. The first-order chi connectivity index (χ1) is 12.9. The van der Waals surface area contributed by atoms with Crippen molar-refractivity contribution in [3.8, 4) is 0 Å². The Morgan fingerprint density at radius 3 is 2.70 bits per heavy atom. The Bertz CT molecular complexity index is 795. The summed E-state index contributed by atoms with van der Waals surface area (Å²) in [6.07, 6.45) is 0.847. The number of carbonyl (C=O) groups is 3. The smallest absolute Gasteiger partial charge is 0.325 e. The number of hydrogen-bond donors (Lipinski definition) is 1. The fraction of sp³-hybridized carbons (Fsp3) is 0.421. The Morgan fingerprint density at radius 2 is 2.04 bits per heavy atom. The van der Waals surface area contributed by atoms with Gasteiger partial charge in [0.1, 0.15) is 6.54 Å². The molecule has 2 rings (SSSR count). The number of nitrogens with one attached hydrogen (secondary N) is 1. The van der Waals surface area contributed by atoms with E-state index < -0.39 is 5.97 Å². The fourth-order valence-electron chi connectivity index (χ4n) is 2.72. The molecule has 0 aliphatic carbocycles. The number of rotatable bonds is 10. The van der Waals surface area contributed by atoms with Gasteiger partial charge in [-0.15, -0.1) is 11.3 Å². The first kappa shape index (κ1) is 20.9. The normalized spacial score (nSPS) is 10.6. The standard InChI is InChI=1S/C19H24N2O5S/c1-13-10-15(14(2)21(13)7-5-8-25-3)16(22)12-26-18(23)11-20-19(24)17-6-4-9-27-17/h4,6,9-10H,5,7-8,11-12H2,1-3H3,(H,20,24). The number of ether oxygens (including phenoxy) is 2. The molecular weight excluding hydrogens is 368 g/mol. The van der Waals surface area contributed by atoms with Crippen molar-refractivity contribution in [2.45, 2.75) is 26.8 Å². The van der Waals surface area contributed by atoms with Crippen LogP contribution in [0.15, 0.2) is 23.6 Å². The second kappa shape index (κ2) is 10.0. The van der Waals surface area contributed by atoms with E-state index in [-0.39, 0.29) is 24.8 Å². The predicted octanol–water partition coefficient (Wildman–Crippen LogP) is 2.36. The first-order valence-electron chi connectivity index (χ1n) is 8.60. The molecule has 0 spiro atoms. The summed E-state index contributed by atoms with van der Waals surface area (Å²) in [7, 11) is 1.65. The van der Waals surface area contributed by atoms with Crippen LogP contribution in [0, 0.1) is 13.8 Å². The quantitative estimate of drug-likeness (QED) is 0.381. The van der Waals surface area contributed by atoms with Gasteiger partial charge in [-0.3, -0.25) is 14.4 Å². The average Bonchev–Trinajstić information content (AvgIpc) is 3.28. The highest BCUT2D eigenvalue weighted by atomic mass is 32.1. The number of aromatic nitrogens is 1. The molecule has 0 aliphatic heterocycles. The van der Waals surface area contributed by atoms with Gasteiger partial charge in [0, 0.05) is 37.2 Å². The van der Waals surface area contributed by atoms with E-state index in [4.69, 9.17) is 9.47 Å². The SMILES string of the molecule is COCCCn1c(C)cc(C(=O)COC(=O)CNC(=O)c2cccs2)c1C. The van der Waals surface area contributed by atoms with Crippen molar-refractivity contribution in [3.63, 3.8) is 0 Å². The maximum Gasteiger partial charge on any atom is 0.325 e. The van der Waals surface area contributed by atoms with Crippen LogP contribution in [0.5, 0.6) is 0 Å². The van der Waals surface area contributed by atoms with Crippen molar-refractivity contribution < 1.29 is 23.9 Å². The van der Waals surface area contributed by atoms with E-state index in [2.05, 4.69) is 9.88 Å². The Labute approximate surface area is 162 Å². The number of carbonyl (C=O) groups excluding carboxylic acids is 3. The number of thiophene rings is 1. The van der Waals surface area contributed by atoms with Crippen molar-refractivity contribution >= 4 is 29.0 Å². The van der Waals surface area contributed by atoms with E-state index in [1.807, 2.05) is 13.8 Å². The van der Waals surface area contributed by atoms with Gasteiger partial charge >= 0.3 is 5.97 Å². The highest BCUT2D eigenvalue weighted by molar-refractivity contribution is 7.12. The van der Waals surface area contributed by atoms with Gasteiger partial charge in [-0.2, -0.15) is 0 Å². The molecule has 1 amide bonds. The highest BCUT2D eigenvalue weighted by Crippen LogP contribution is 2.16. The number of amides is 1. The molecule has 0 atom stereocenters. The zero-order valence-corrected chi connectivity index (χ0v) is 16.6. The van der Waals surface area contributed by atoms with Crippen molar-refractivity contribution in [1.82, 2.24) is 9.88 Å². The van der Waals surface area contributed by atoms with Gasteiger partial charge in [-0.1, -0.05) is 6.07 Å². The number of nitrogens with zero attached hydrogens (tertiary/aromatic N) is 1. The van der Waals surface area contributed by atoms with Crippen LogP contribution in [-0.4, -0.2) is 49.1 Å². The third kappa shape index (κ3) is 5.77. The van der Waals surface area contributed by atoms with Crippen molar-refractivity contribution in [1.29, 1.82) is 0 Å². The summed E-state index contributed by atoms with van der Waals surface area (Å²) in [6, 6.07) is 5.22. The number of aryl methyl sites for hydroxylation is 1. The molecular formula is C19H24N2O5S. The second-order valence-electron chi connectivity index (χ2n) is 6.03. The van der Waals surface area contributed by atoms with Crippen LogP contribution in [0.25, 0.3) is 0 Å². The minimum absolute atomic E-state index is 0.265. The van der Waals surface area contributed by atoms with Gasteiger partial charge in [0.2, 0.25) is 5.78 Å². The van der Waals surface area contributed by atoms with Crippen molar-refractivity contribution in [2.75, 3.05) is 26.9 Å². The van der Waals surface area contributed by atoms with Crippen LogP contribution in [0.1, 0.15) is 37.8 Å². The molecule has 2 heterocycles. The number of Topliss-reactive ketones (excluding diaryl/α,β-unsaturated/α-hetero) is 1. The topological polar surface area (TPSA) is 86.6 Å². The molecule has 0 aromatic carbocycles. The van der Waals surface area contributed by atoms with Crippen LogP contribution in [0.4, 0.5) is 0 Å². The fourth-order valence-corrected chi connectivity index (χ4v) is 3.36. The van der Waals surface area contributed by atoms with Gasteiger partial charge < -0.3 is 19.4 Å². The van der Waals surface area contributed by atoms with Gasteiger partial charge in [-0.25, -0.2) is 0 Å². The van der Waals surface area contributed by atoms with Gasteiger partial charge in [-0.05, 0) is 37.8 Å². The van der Waals surface area contributed by atoms with Crippen LogP contribution in [0.2, 0.25) is 0 Å². The summed E-state index contributed by atoms with van der Waals surface area (Å²) in [5.41, 5.74) is 2.36. The Balaban J connectivity index is 1.83. The van der Waals surface area contributed by atoms with Crippen LogP contribution < -0.4 is 5.32 Å². The lowest BCUT2D eigenvalue weighted by Gasteiger charge is -2.09. The summed E-state index contributed by atoms with van der Waals surface area (Å²) in [5, 5.41) is 4.25. The summed E-state index contributed by atoms with van der Waals surface area (Å²) < 4.78 is 12.1. The van der Waals surface area contributed by atoms with E-state index in [0.29, 0.717) is 17.0 Å². The lowest BCUT2D eigenvalue weighted by molar-refractivity contribution is -0.141. The Kier molecular flexibility index (Phi) is 7.75. The molecule has 2 aromatic rings. The third-order valence-electron chi connectivity index (χ3n) is 4.11.